The molecule has 3 rings (SSSR count). The van der Waals surface area contributed by atoms with E-state index in [0.29, 0.717) is 24.1 Å². The maximum atomic E-state index is 12.0. The SMILES string of the molecule is Cn1ncc2c1CCC[C@@H]2NC(=O)NCCOc1ccc(Cl)cn1. The summed E-state index contributed by atoms with van der Waals surface area (Å²) < 4.78 is 7.32. The molecule has 7 nitrogen and oxygen atoms in total. The van der Waals surface area contributed by atoms with Gasteiger partial charge in [-0.3, -0.25) is 4.68 Å². The Morgan fingerprint density at radius 1 is 1.46 bits per heavy atom. The van der Waals surface area contributed by atoms with Gasteiger partial charge in [0.15, 0.2) is 0 Å². The lowest BCUT2D eigenvalue weighted by Crippen LogP contribution is -2.40. The lowest BCUT2D eigenvalue weighted by atomic mass is 9.93. The number of nitrogens with one attached hydrogen (secondary N) is 2. The van der Waals surface area contributed by atoms with Crippen molar-refractivity contribution in [2.24, 2.45) is 7.05 Å². The minimum atomic E-state index is -0.204. The molecule has 24 heavy (non-hydrogen) atoms. The van der Waals surface area contributed by atoms with Gasteiger partial charge in [-0.1, -0.05) is 11.6 Å². The minimum absolute atomic E-state index is 0.0151. The summed E-state index contributed by atoms with van der Waals surface area (Å²) in [5.41, 5.74) is 2.31. The number of fused-ring (bicyclic) bond motifs is 1. The second-order valence-corrected chi connectivity index (χ2v) is 6.11. The van der Waals surface area contributed by atoms with Crippen molar-refractivity contribution in [1.29, 1.82) is 0 Å². The summed E-state index contributed by atoms with van der Waals surface area (Å²) in [4.78, 5) is 16.1. The van der Waals surface area contributed by atoms with Crippen LogP contribution in [0.1, 0.15) is 30.1 Å². The van der Waals surface area contributed by atoms with Crippen LogP contribution in [0.25, 0.3) is 0 Å². The fraction of sp³-hybridized carbons (Fsp3) is 0.438. The van der Waals surface area contributed by atoms with Crippen LogP contribution in [-0.2, 0) is 13.5 Å². The number of urea groups is 1. The van der Waals surface area contributed by atoms with Gasteiger partial charge >= 0.3 is 6.03 Å². The van der Waals surface area contributed by atoms with Crippen LogP contribution in [0.4, 0.5) is 4.79 Å². The molecule has 0 bridgehead atoms. The number of aryl methyl sites for hydroxylation is 1. The number of nitrogens with zero attached hydrogens (tertiary/aromatic N) is 3. The summed E-state index contributed by atoms with van der Waals surface area (Å²) >= 11 is 5.76. The first kappa shape index (κ1) is 16.6. The summed E-state index contributed by atoms with van der Waals surface area (Å²) in [6.45, 7) is 0.730. The number of amides is 2. The molecule has 0 spiro atoms. The summed E-state index contributed by atoms with van der Waals surface area (Å²) in [5, 5.41) is 10.6. The Morgan fingerprint density at radius 3 is 3.12 bits per heavy atom. The highest BCUT2D eigenvalue weighted by Gasteiger charge is 2.24. The highest BCUT2D eigenvalue weighted by Crippen LogP contribution is 2.28. The molecule has 2 aromatic heterocycles. The summed E-state index contributed by atoms with van der Waals surface area (Å²) in [7, 11) is 1.93. The number of rotatable bonds is 5. The van der Waals surface area contributed by atoms with E-state index in [4.69, 9.17) is 16.3 Å². The van der Waals surface area contributed by atoms with Crippen LogP contribution in [-0.4, -0.2) is 33.9 Å². The molecule has 1 atom stereocenters. The van der Waals surface area contributed by atoms with Gasteiger partial charge in [-0.2, -0.15) is 5.10 Å². The van der Waals surface area contributed by atoms with Gasteiger partial charge in [0.25, 0.3) is 0 Å². The first-order valence-electron chi connectivity index (χ1n) is 7.93. The number of carbonyl (C=O) groups is 1. The highest BCUT2D eigenvalue weighted by molar-refractivity contribution is 6.30. The topological polar surface area (TPSA) is 81.1 Å². The van der Waals surface area contributed by atoms with Crippen molar-refractivity contribution in [3.63, 3.8) is 0 Å². The fourth-order valence-electron chi connectivity index (χ4n) is 2.83. The zero-order chi connectivity index (χ0) is 16.9. The lowest BCUT2D eigenvalue weighted by molar-refractivity contribution is 0.230. The highest BCUT2D eigenvalue weighted by atomic mass is 35.5. The third kappa shape index (κ3) is 3.97. The van der Waals surface area contributed by atoms with Gasteiger partial charge in [-0.05, 0) is 25.3 Å². The molecule has 0 radical (unpaired) electrons. The summed E-state index contributed by atoms with van der Waals surface area (Å²) in [5.74, 6) is 0.480. The fourth-order valence-corrected chi connectivity index (χ4v) is 2.94. The Hall–Kier alpha value is -2.28. The average molecular weight is 350 g/mol. The molecule has 0 unspecified atom stereocenters. The molecule has 0 saturated carbocycles. The van der Waals surface area contributed by atoms with Crippen molar-refractivity contribution in [3.8, 4) is 5.88 Å². The average Bonchev–Trinajstić information content (AvgIpc) is 2.96. The third-order valence-electron chi connectivity index (χ3n) is 4.02. The normalized spacial score (nSPS) is 16.3. The van der Waals surface area contributed by atoms with Gasteiger partial charge in [0.2, 0.25) is 5.88 Å². The van der Waals surface area contributed by atoms with Crippen LogP contribution >= 0.6 is 11.6 Å². The number of pyridine rings is 1. The van der Waals surface area contributed by atoms with Crippen molar-refractivity contribution < 1.29 is 9.53 Å². The third-order valence-corrected chi connectivity index (χ3v) is 4.24. The maximum absolute atomic E-state index is 12.0. The molecule has 0 aliphatic heterocycles. The standard InChI is InChI=1S/C16H20ClN5O2/c1-22-14-4-2-3-13(12(14)10-20-22)21-16(23)18-7-8-24-15-6-5-11(17)9-19-15/h5-6,9-10,13H,2-4,7-8H2,1H3,(H2,18,21,23)/t13-/m0/s1. The van der Waals surface area contributed by atoms with Crippen molar-refractivity contribution in [2.45, 2.75) is 25.3 Å². The van der Waals surface area contributed by atoms with E-state index in [-0.39, 0.29) is 12.1 Å². The van der Waals surface area contributed by atoms with Crippen LogP contribution in [0.2, 0.25) is 5.02 Å². The van der Waals surface area contributed by atoms with E-state index in [1.807, 2.05) is 17.9 Å². The largest absolute Gasteiger partial charge is 0.476 e. The van der Waals surface area contributed by atoms with Gasteiger partial charge in [0.1, 0.15) is 6.61 Å². The van der Waals surface area contributed by atoms with E-state index in [2.05, 4.69) is 20.7 Å². The predicted molar refractivity (Wildman–Crippen MR) is 90.2 cm³/mol. The van der Waals surface area contributed by atoms with Crippen molar-refractivity contribution in [3.05, 3.63) is 40.8 Å². The number of aromatic nitrogens is 3. The van der Waals surface area contributed by atoms with Crippen molar-refractivity contribution in [1.82, 2.24) is 25.4 Å². The Bertz CT molecular complexity index is 701. The zero-order valence-corrected chi connectivity index (χ0v) is 14.2. The first-order chi connectivity index (χ1) is 11.6. The number of ether oxygens (including phenoxy) is 1. The Morgan fingerprint density at radius 2 is 2.33 bits per heavy atom. The smallest absolute Gasteiger partial charge is 0.315 e. The molecule has 2 N–H and O–H groups in total. The van der Waals surface area contributed by atoms with Crippen LogP contribution in [0.3, 0.4) is 0 Å². The van der Waals surface area contributed by atoms with Gasteiger partial charge < -0.3 is 15.4 Å². The molecule has 1 aliphatic carbocycles. The zero-order valence-electron chi connectivity index (χ0n) is 13.5. The number of hydrogen-bond acceptors (Lipinski definition) is 4. The number of carbonyl (C=O) groups excluding carboxylic acids is 1. The van der Waals surface area contributed by atoms with E-state index in [1.54, 1.807) is 12.1 Å². The molecule has 8 heteroatoms. The maximum Gasteiger partial charge on any atom is 0.315 e. The van der Waals surface area contributed by atoms with Gasteiger partial charge in [0.05, 0.1) is 23.8 Å². The second-order valence-electron chi connectivity index (χ2n) is 5.68. The summed E-state index contributed by atoms with van der Waals surface area (Å²) in [6, 6.07) is 3.21. The number of hydrogen-bond donors (Lipinski definition) is 2. The molecular weight excluding hydrogens is 330 g/mol. The Kier molecular flexibility index (Phi) is 5.20. The van der Waals surface area contributed by atoms with Crippen LogP contribution in [0.5, 0.6) is 5.88 Å². The van der Waals surface area contributed by atoms with Gasteiger partial charge in [-0.25, -0.2) is 9.78 Å². The molecule has 2 heterocycles. The molecule has 1 aliphatic rings. The van der Waals surface area contributed by atoms with Crippen LogP contribution < -0.4 is 15.4 Å². The molecular formula is C16H20ClN5O2. The quantitative estimate of drug-likeness (QED) is 0.811. The van der Waals surface area contributed by atoms with E-state index in [1.165, 1.54) is 11.9 Å². The van der Waals surface area contributed by atoms with E-state index in [0.717, 1.165) is 24.8 Å². The van der Waals surface area contributed by atoms with E-state index in [9.17, 15) is 4.79 Å². The monoisotopic (exact) mass is 349 g/mol. The van der Waals surface area contributed by atoms with Crippen molar-refractivity contribution in [2.75, 3.05) is 13.2 Å². The van der Waals surface area contributed by atoms with E-state index < -0.39 is 0 Å². The molecule has 2 aromatic rings. The van der Waals surface area contributed by atoms with Gasteiger partial charge in [0, 0.05) is 30.6 Å². The minimum Gasteiger partial charge on any atom is -0.476 e. The molecule has 2 amide bonds. The predicted octanol–water partition coefficient (Wildman–Crippen LogP) is 2.22. The molecule has 0 aromatic carbocycles. The first-order valence-corrected chi connectivity index (χ1v) is 8.31. The molecule has 128 valence electrons. The van der Waals surface area contributed by atoms with Crippen molar-refractivity contribution >= 4 is 17.6 Å². The van der Waals surface area contributed by atoms with Crippen LogP contribution in [0, 0.1) is 0 Å². The molecule has 0 saturated heterocycles. The number of halogens is 1. The lowest BCUT2D eigenvalue weighted by Gasteiger charge is -2.23. The summed E-state index contributed by atoms with van der Waals surface area (Å²) in [6.07, 6.45) is 6.34. The molecule has 0 fully saturated rings. The van der Waals surface area contributed by atoms with Gasteiger partial charge in [-0.15, -0.1) is 0 Å². The Balaban J connectivity index is 1.42. The second kappa shape index (κ2) is 7.53. The van der Waals surface area contributed by atoms with Crippen LogP contribution in [0.15, 0.2) is 24.5 Å². The van der Waals surface area contributed by atoms with E-state index >= 15 is 0 Å². The Labute approximate surface area is 145 Å².